The molecule has 0 radical (unpaired) electrons. The van der Waals surface area contributed by atoms with Crippen LogP contribution in [-0.2, 0) is 11.2 Å². The number of rotatable bonds is 6. The first-order valence-corrected chi connectivity index (χ1v) is 7.99. The Kier molecular flexibility index (Phi) is 5.80. The molecule has 122 valence electrons. The van der Waals surface area contributed by atoms with Gasteiger partial charge in [0, 0.05) is 0 Å². The molecule has 2 aromatic rings. The zero-order valence-corrected chi connectivity index (χ0v) is 14.4. The van der Waals surface area contributed by atoms with E-state index in [2.05, 4.69) is 31.3 Å². The minimum atomic E-state index is 0.0233. The van der Waals surface area contributed by atoms with Gasteiger partial charge in [0.2, 0.25) is 5.91 Å². The molecule has 0 fully saturated rings. The second-order valence-electron chi connectivity index (χ2n) is 6.01. The Hall–Kier alpha value is -2.29. The third-order valence-electron chi connectivity index (χ3n) is 4.03. The van der Waals surface area contributed by atoms with E-state index in [4.69, 9.17) is 4.74 Å². The van der Waals surface area contributed by atoms with Crippen molar-refractivity contribution in [2.45, 2.75) is 34.1 Å². The summed E-state index contributed by atoms with van der Waals surface area (Å²) in [6.07, 6.45) is 0.406. The summed E-state index contributed by atoms with van der Waals surface area (Å²) in [5, 5.41) is 2.91. The third-order valence-corrected chi connectivity index (χ3v) is 4.03. The zero-order valence-electron chi connectivity index (χ0n) is 14.4. The second kappa shape index (κ2) is 7.82. The molecule has 2 aromatic carbocycles. The molecular weight excluding hydrogens is 286 g/mol. The number of benzene rings is 2. The van der Waals surface area contributed by atoms with Gasteiger partial charge in [0.25, 0.3) is 0 Å². The van der Waals surface area contributed by atoms with Gasteiger partial charge in [-0.3, -0.25) is 4.79 Å². The van der Waals surface area contributed by atoms with Gasteiger partial charge in [0.1, 0.15) is 12.4 Å². The molecule has 23 heavy (non-hydrogen) atoms. The van der Waals surface area contributed by atoms with Gasteiger partial charge in [-0.2, -0.15) is 0 Å². The molecule has 0 saturated heterocycles. The summed E-state index contributed by atoms with van der Waals surface area (Å²) >= 11 is 0. The summed E-state index contributed by atoms with van der Waals surface area (Å²) in [5.41, 5.74) is 5.73. The highest BCUT2D eigenvalue weighted by Crippen LogP contribution is 2.25. The second-order valence-corrected chi connectivity index (χ2v) is 6.01. The van der Waals surface area contributed by atoms with Crippen molar-refractivity contribution < 1.29 is 9.53 Å². The quantitative estimate of drug-likeness (QED) is 0.827. The van der Waals surface area contributed by atoms with Crippen molar-refractivity contribution >= 4 is 5.91 Å². The Labute approximate surface area is 138 Å². The SMILES string of the molecule is Cc1ccc(CC(=O)NCCOc2c(C)ccc(C)c2C)cc1. The number of carbonyl (C=O) groups is 1. The lowest BCUT2D eigenvalue weighted by Gasteiger charge is -2.14. The number of hydrogen-bond donors (Lipinski definition) is 1. The monoisotopic (exact) mass is 311 g/mol. The Balaban J connectivity index is 1.78. The average Bonchev–Trinajstić information content (AvgIpc) is 2.52. The molecule has 1 N–H and O–H groups in total. The first-order chi connectivity index (χ1) is 11.0. The van der Waals surface area contributed by atoms with E-state index in [1.54, 1.807) is 0 Å². The van der Waals surface area contributed by atoms with E-state index < -0.39 is 0 Å². The van der Waals surface area contributed by atoms with Crippen LogP contribution < -0.4 is 10.1 Å². The van der Waals surface area contributed by atoms with Crippen LogP contribution in [0.25, 0.3) is 0 Å². The number of carbonyl (C=O) groups excluding carboxylic acids is 1. The summed E-state index contributed by atoms with van der Waals surface area (Å²) in [4.78, 5) is 11.9. The molecule has 1 amide bonds. The van der Waals surface area contributed by atoms with Crippen molar-refractivity contribution in [2.75, 3.05) is 13.2 Å². The highest BCUT2D eigenvalue weighted by atomic mass is 16.5. The molecule has 0 aliphatic carbocycles. The fraction of sp³-hybridized carbons (Fsp3) is 0.350. The molecule has 0 spiro atoms. The predicted molar refractivity (Wildman–Crippen MR) is 94.0 cm³/mol. The minimum absolute atomic E-state index is 0.0233. The van der Waals surface area contributed by atoms with E-state index >= 15 is 0 Å². The van der Waals surface area contributed by atoms with Gasteiger partial charge in [-0.25, -0.2) is 0 Å². The largest absolute Gasteiger partial charge is 0.491 e. The smallest absolute Gasteiger partial charge is 0.224 e. The fourth-order valence-corrected chi connectivity index (χ4v) is 2.44. The minimum Gasteiger partial charge on any atom is -0.491 e. The van der Waals surface area contributed by atoms with Crippen molar-refractivity contribution in [1.82, 2.24) is 5.32 Å². The van der Waals surface area contributed by atoms with Crippen LogP contribution in [0.3, 0.4) is 0 Å². The summed E-state index contributed by atoms with van der Waals surface area (Å²) in [6.45, 7) is 9.20. The van der Waals surface area contributed by atoms with E-state index in [1.807, 2.05) is 38.1 Å². The van der Waals surface area contributed by atoms with Crippen LogP contribution in [0, 0.1) is 27.7 Å². The van der Waals surface area contributed by atoms with E-state index in [1.165, 1.54) is 11.1 Å². The van der Waals surface area contributed by atoms with E-state index in [0.29, 0.717) is 19.6 Å². The lowest BCUT2D eigenvalue weighted by molar-refractivity contribution is -0.120. The average molecular weight is 311 g/mol. The maximum absolute atomic E-state index is 11.9. The molecule has 0 aliphatic heterocycles. The molecule has 0 bridgehead atoms. The van der Waals surface area contributed by atoms with Crippen molar-refractivity contribution in [1.29, 1.82) is 0 Å². The molecule has 3 heteroatoms. The molecule has 0 atom stereocenters. The summed E-state index contributed by atoms with van der Waals surface area (Å²) < 4.78 is 5.85. The number of aryl methyl sites for hydroxylation is 3. The highest BCUT2D eigenvalue weighted by Gasteiger charge is 2.07. The van der Waals surface area contributed by atoms with Gasteiger partial charge >= 0.3 is 0 Å². The number of amides is 1. The number of hydrogen-bond acceptors (Lipinski definition) is 2. The van der Waals surface area contributed by atoms with Crippen LogP contribution in [0.5, 0.6) is 5.75 Å². The van der Waals surface area contributed by atoms with Gasteiger partial charge in [0.05, 0.1) is 13.0 Å². The maximum atomic E-state index is 11.9. The highest BCUT2D eigenvalue weighted by molar-refractivity contribution is 5.78. The Morgan fingerprint density at radius 3 is 2.30 bits per heavy atom. The standard InChI is InChI=1S/C20H25NO2/c1-14-5-9-18(10-6-14)13-19(22)21-11-12-23-20-16(3)8-7-15(2)17(20)4/h5-10H,11-13H2,1-4H3,(H,21,22). The molecule has 3 nitrogen and oxygen atoms in total. The first kappa shape index (κ1) is 17.1. The van der Waals surface area contributed by atoms with Crippen LogP contribution in [-0.4, -0.2) is 19.1 Å². The lowest BCUT2D eigenvalue weighted by atomic mass is 10.1. The third kappa shape index (κ3) is 4.85. The fourth-order valence-electron chi connectivity index (χ4n) is 2.44. The maximum Gasteiger partial charge on any atom is 0.224 e. The van der Waals surface area contributed by atoms with Gasteiger partial charge < -0.3 is 10.1 Å². The Morgan fingerprint density at radius 1 is 0.957 bits per heavy atom. The van der Waals surface area contributed by atoms with E-state index in [9.17, 15) is 4.79 Å². The Bertz CT molecular complexity index is 675. The predicted octanol–water partition coefficient (Wildman–Crippen LogP) is 3.66. The van der Waals surface area contributed by atoms with Crippen LogP contribution in [0.15, 0.2) is 36.4 Å². The number of nitrogens with one attached hydrogen (secondary N) is 1. The van der Waals surface area contributed by atoms with Crippen LogP contribution >= 0.6 is 0 Å². The molecular formula is C20H25NO2. The van der Waals surface area contributed by atoms with Crippen molar-refractivity contribution in [3.8, 4) is 5.75 Å². The summed E-state index contributed by atoms with van der Waals surface area (Å²) in [5.74, 6) is 0.952. The topological polar surface area (TPSA) is 38.3 Å². The zero-order chi connectivity index (χ0) is 16.8. The van der Waals surface area contributed by atoms with Crippen LogP contribution in [0.4, 0.5) is 0 Å². The van der Waals surface area contributed by atoms with Crippen LogP contribution in [0.1, 0.15) is 27.8 Å². The van der Waals surface area contributed by atoms with Gasteiger partial charge in [-0.1, -0.05) is 42.0 Å². The number of ether oxygens (including phenoxy) is 1. The molecule has 0 aliphatic rings. The van der Waals surface area contributed by atoms with E-state index in [-0.39, 0.29) is 5.91 Å². The van der Waals surface area contributed by atoms with Crippen molar-refractivity contribution in [3.05, 3.63) is 64.2 Å². The molecule has 0 heterocycles. The molecule has 2 rings (SSSR count). The first-order valence-electron chi connectivity index (χ1n) is 7.99. The normalized spacial score (nSPS) is 10.4. The Morgan fingerprint density at radius 2 is 1.61 bits per heavy atom. The van der Waals surface area contributed by atoms with Gasteiger partial charge in [0.15, 0.2) is 0 Å². The van der Waals surface area contributed by atoms with Crippen molar-refractivity contribution in [3.63, 3.8) is 0 Å². The molecule has 0 aromatic heterocycles. The van der Waals surface area contributed by atoms with Gasteiger partial charge in [-0.05, 0) is 49.9 Å². The summed E-state index contributed by atoms with van der Waals surface area (Å²) in [6, 6.07) is 12.2. The molecule has 0 unspecified atom stereocenters. The molecule has 0 saturated carbocycles. The lowest BCUT2D eigenvalue weighted by Crippen LogP contribution is -2.29. The van der Waals surface area contributed by atoms with Crippen LogP contribution in [0.2, 0.25) is 0 Å². The van der Waals surface area contributed by atoms with Gasteiger partial charge in [-0.15, -0.1) is 0 Å². The van der Waals surface area contributed by atoms with E-state index in [0.717, 1.165) is 22.4 Å². The summed E-state index contributed by atoms with van der Waals surface area (Å²) in [7, 11) is 0. The van der Waals surface area contributed by atoms with Crippen molar-refractivity contribution in [2.24, 2.45) is 0 Å².